The average molecular weight is 924 g/mol. The number of carbonyl (C=O) groups excluding carboxylic acids is 1. The molecular formula is C53H82N2OS5. The monoisotopic (exact) mass is 923 g/mol. The lowest BCUT2D eigenvalue weighted by Crippen LogP contribution is -1.88. The Morgan fingerprint density at radius 2 is 0.689 bits per heavy atom. The molecule has 340 valence electrons. The number of thiophene rings is 3. The van der Waals surface area contributed by atoms with Crippen molar-refractivity contribution in [2.45, 2.75) is 233 Å². The summed E-state index contributed by atoms with van der Waals surface area (Å²) in [4.78, 5) is 26.9. The van der Waals surface area contributed by atoms with Crippen LogP contribution < -0.4 is 0 Å². The minimum atomic E-state index is 0.927. The molecular weight excluding hydrogens is 841 g/mol. The first-order valence-electron chi connectivity index (χ1n) is 25.1. The van der Waals surface area contributed by atoms with Crippen molar-refractivity contribution in [1.29, 1.82) is 0 Å². The highest BCUT2D eigenvalue weighted by Crippen LogP contribution is 2.42. The first kappa shape index (κ1) is 51.9. The molecule has 0 fully saturated rings. The van der Waals surface area contributed by atoms with Crippen molar-refractivity contribution in [3.8, 4) is 19.8 Å². The fourth-order valence-corrected chi connectivity index (χ4v) is 13.3. The molecule has 0 saturated heterocycles. The lowest BCUT2D eigenvalue weighted by atomic mass is 10.0. The van der Waals surface area contributed by atoms with Crippen LogP contribution in [0.1, 0.15) is 240 Å². The van der Waals surface area contributed by atoms with E-state index in [4.69, 9.17) is 9.97 Å². The van der Waals surface area contributed by atoms with Crippen LogP contribution in [0.5, 0.6) is 0 Å². The number of unbranched alkanes of at least 4 members (excludes halogenated alkanes) is 27. The zero-order valence-corrected chi connectivity index (χ0v) is 42.8. The molecule has 0 aliphatic rings. The Morgan fingerprint density at radius 1 is 0.393 bits per heavy atom. The summed E-state index contributed by atoms with van der Waals surface area (Å²) in [5.74, 6) is 0. The minimum Gasteiger partial charge on any atom is -0.297 e. The number of aryl methyl sites for hydroxylation is 3. The predicted molar refractivity (Wildman–Crippen MR) is 278 cm³/mol. The fourth-order valence-electron chi connectivity index (χ4n) is 8.34. The summed E-state index contributed by atoms with van der Waals surface area (Å²) in [5, 5.41) is 8.87. The van der Waals surface area contributed by atoms with Crippen LogP contribution in [-0.4, -0.2) is 16.3 Å². The standard InChI is InChI=1S/C36H54N2S4.C17H28OS/c1-3-5-7-9-11-13-15-17-19-21-23-29-25-27-39-31(29)33-37-35-36(41-33)38-34(42-35)32-30(26-28-40-32)24-22-20-18-16-14-12-10-8-6-4-2;1-2-3-4-5-6-7-8-9-10-11-12-16-13-14-19-17(16)15-18/h25-28H,3-24H2,1-2H3;13-15H,2-12H2,1H3. The van der Waals surface area contributed by atoms with Gasteiger partial charge in [-0.2, -0.15) is 0 Å². The van der Waals surface area contributed by atoms with E-state index in [0.29, 0.717) is 0 Å². The number of hydrogen-bond acceptors (Lipinski definition) is 8. The average Bonchev–Trinajstić information content (AvgIpc) is 4.13. The molecule has 5 aromatic heterocycles. The van der Waals surface area contributed by atoms with Crippen molar-refractivity contribution in [2.24, 2.45) is 0 Å². The maximum absolute atomic E-state index is 10.8. The molecule has 0 aliphatic heterocycles. The van der Waals surface area contributed by atoms with Crippen LogP contribution in [0.25, 0.3) is 29.4 Å². The van der Waals surface area contributed by atoms with Gasteiger partial charge in [0, 0.05) is 0 Å². The van der Waals surface area contributed by atoms with Crippen molar-refractivity contribution in [2.75, 3.05) is 0 Å². The van der Waals surface area contributed by atoms with Gasteiger partial charge in [0.1, 0.15) is 10.0 Å². The van der Waals surface area contributed by atoms with E-state index in [1.165, 1.54) is 242 Å². The van der Waals surface area contributed by atoms with Crippen molar-refractivity contribution >= 4 is 72.6 Å². The summed E-state index contributed by atoms with van der Waals surface area (Å²) in [5.41, 5.74) is 4.22. The second-order valence-corrected chi connectivity index (χ2v) is 22.2. The second-order valence-electron chi connectivity index (χ2n) is 17.4. The van der Waals surface area contributed by atoms with E-state index in [2.05, 4.69) is 49.7 Å². The Bertz CT molecular complexity index is 1670. The molecule has 0 atom stereocenters. The Balaban J connectivity index is 0.000000361. The zero-order valence-electron chi connectivity index (χ0n) is 38.7. The number of hydrogen-bond donors (Lipinski definition) is 0. The molecule has 5 rings (SSSR count). The zero-order chi connectivity index (χ0) is 43.0. The summed E-state index contributed by atoms with van der Waals surface area (Å²) in [6.45, 7) is 6.86. The maximum atomic E-state index is 10.8. The second kappa shape index (κ2) is 33.8. The van der Waals surface area contributed by atoms with Gasteiger partial charge < -0.3 is 0 Å². The van der Waals surface area contributed by atoms with Gasteiger partial charge in [-0.15, -0.1) is 34.0 Å². The number of aromatic nitrogens is 2. The largest absolute Gasteiger partial charge is 0.297 e. The molecule has 8 heteroatoms. The van der Waals surface area contributed by atoms with Gasteiger partial charge in [-0.25, -0.2) is 9.97 Å². The third-order valence-corrected chi connectivity index (χ3v) is 17.3. The summed E-state index contributed by atoms with van der Waals surface area (Å²) < 4.78 is 0. The number of aldehydes is 1. The summed E-state index contributed by atoms with van der Waals surface area (Å²) >= 11 is 8.85. The summed E-state index contributed by atoms with van der Waals surface area (Å²) in [7, 11) is 0. The molecule has 0 amide bonds. The molecule has 0 saturated carbocycles. The summed E-state index contributed by atoms with van der Waals surface area (Å²) in [6, 6.07) is 6.75. The quantitative estimate of drug-likeness (QED) is 0.0297. The maximum Gasteiger partial charge on any atom is 0.160 e. The molecule has 0 N–H and O–H groups in total. The van der Waals surface area contributed by atoms with Crippen LogP contribution in [0.2, 0.25) is 0 Å². The third-order valence-electron chi connectivity index (χ3n) is 12.1. The Labute approximate surface area is 393 Å². The Morgan fingerprint density at radius 3 is 1.03 bits per heavy atom. The first-order chi connectivity index (χ1) is 30.2. The van der Waals surface area contributed by atoms with E-state index in [0.717, 1.165) is 27.2 Å². The number of rotatable bonds is 36. The minimum absolute atomic E-state index is 0.927. The van der Waals surface area contributed by atoms with Gasteiger partial charge in [0.25, 0.3) is 0 Å². The SMILES string of the molecule is CCCCCCCCCCCCc1ccsc1-c1nc2sc(-c3sccc3CCCCCCCCCCCC)nc2s1.CCCCCCCCCCCCc1ccsc1C=O. The Hall–Kier alpha value is -1.71. The van der Waals surface area contributed by atoms with E-state index >= 15 is 0 Å². The fraction of sp³-hybridized carbons (Fsp3) is 0.679. The van der Waals surface area contributed by atoms with Gasteiger partial charge in [-0.05, 0) is 89.6 Å². The molecule has 61 heavy (non-hydrogen) atoms. The van der Waals surface area contributed by atoms with E-state index in [9.17, 15) is 4.79 Å². The lowest BCUT2D eigenvalue weighted by molar-refractivity contribution is 0.112. The normalized spacial score (nSPS) is 11.5. The van der Waals surface area contributed by atoms with Crippen LogP contribution in [0.15, 0.2) is 34.3 Å². The Kier molecular flexibility index (Phi) is 28.7. The highest BCUT2D eigenvalue weighted by Gasteiger charge is 2.18. The smallest absolute Gasteiger partial charge is 0.160 e. The van der Waals surface area contributed by atoms with E-state index in [1.807, 2.05) is 28.1 Å². The van der Waals surface area contributed by atoms with Crippen molar-refractivity contribution in [3.05, 3.63) is 55.9 Å². The highest BCUT2D eigenvalue weighted by atomic mass is 32.1. The van der Waals surface area contributed by atoms with Gasteiger partial charge >= 0.3 is 0 Å². The van der Waals surface area contributed by atoms with E-state index in [-0.39, 0.29) is 0 Å². The number of nitrogens with zero attached hydrogens (tertiary/aromatic N) is 2. The molecule has 5 heterocycles. The van der Waals surface area contributed by atoms with Crippen LogP contribution in [0.3, 0.4) is 0 Å². The molecule has 3 nitrogen and oxygen atoms in total. The van der Waals surface area contributed by atoms with E-state index < -0.39 is 0 Å². The lowest BCUT2D eigenvalue weighted by Gasteiger charge is -2.04. The number of thiazole rings is 2. The van der Waals surface area contributed by atoms with Gasteiger partial charge in [0.05, 0.1) is 14.6 Å². The molecule has 0 unspecified atom stereocenters. The van der Waals surface area contributed by atoms with Crippen molar-refractivity contribution < 1.29 is 4.79 Å². The molecule has 0 bridgehead atoms. The first-order valence-corrected chi connectivity index (χ1v) is 29.4. The predicted octanol–water partition coefficient (Wildman–Crippen LogP) is 20.2. The highest BCUT2D eigenvalue weighted by molar-refractivity contribution is 7.31. The van der Waals surface area contributed by atoms with Crippen molar-refractivity contribution in [3.63, 3.8) is 0 Å². The molecule has 5 aromatic rings. The molecule has 0 aliphatic carbocycles. The molecule has 0 aromatic carbocycles. The van der Waals surface area contributed by atoms with Gasteiger partial charge in [-0.1, -0.05) is 217 Å². The van der Waals surface area contributed by atoms with Crippen molar-refractivity contribution in [1.82, 2.24) is 9.97 Å². The molecule has 0 radical (unpaired) electrons. The van der Waals surface area contributed by atoms with Gasteiger partial charge in [0.2, 0.25) is 0 Å². The summed E-state index contributed by atoms with van der Waals surface area (Å²) in [6.07, 6.45) is 45.9. The number of fused-ring (bicyclic) bond motifs is 1. The van der Waals surface area contributed by atoms with E-state index in [1.54, 1.807) is 34.0 Å². The van der Waals surface area contributed by atoms with Crippen LogP contribution in [-0.2, 0) is 19.3 Å². The van der Waals surface area contributed by atoms with Crippen LogP contribution in [0.4, 0.5) is 0 Å². The van der Waals surface area contributed by atoms with Crippen LogP contribution >= 0.6 is 56.7 Å². The third kappa shape index (κ3) is 20.8. The van der Waals surface area contributed by atoms with Gasteiger partial charge in [0.15, 0.2) is 15.9 Å². The number of carbonyl (C=O) groups is 1. The molecule has 0 spiro atoms. The van der Waals surface area contributed by atoms with Gasteiger partial charge in [-0.3, -0.25) is 4.79 Å². The van der Waals surface area contributed by atoms with Crippen LogP contribution in [0, 0.1) is 0 Å². The topological polar surface area (TPSA) is 42.9 Å².